The van der Waals surface area contributed by atoms with Crippen molar-refractivity contribution in [2.45, 2.75) is 31.2 Å². The molecule has 0 aliphatic rings. The summed E-state index contributed by atoms with van der Waals surface area (Å²) in [5, 5.41) is 2.81. The highest BCUT2D eigenvalue weighted by atomic mass is 32.2. The molecule has 1 N–H and O–H groups in total. The predicted molar refractivity (Wildman–Crippen MR) is 130 cm³/mol. The monoisotopic (exact) mass is 498 g/mol. The Morgan fingerprint density at radius 2 is 1.49 bits per heavy atom. The molecule has 0 unspecified atom stereocenters. The molecular formula is C26H27FN2O5S. The van der Waals surface area contributed by atoms with Crippen molar-refractivity contribution >= 4 is 21.7 Å². The second-order valence-corrected chi connectivity index (χ2v) is 10.0. The van der Waals surface area contributed by atoms with E-state index >= 15 is 0 Å². The number of Topliss-reactive ketones (excluding diaryl/α,β-unsaturated/α-hetero) is 1. The number of benzene rings is 3. The van der Waals surface area contributed by atoms with Gasteiger partial charge in [-0.3, -0.25) is 9.59 Å². The van der Waals surface area contributed by atoms with Gasteiger partial charge in [0.1, 0.15) is 17.3 Å². The van der Waals surface area contributed by atoms with Crippen molar-refractivity contribution in [1.82, 2.24) is 9.62 Å². The first-order chi connectivity index (χ1) is 16.6. The van der Waals surface area contributed by atoms with Crippen LogP contribution in [-0.4, -0.2) is 38.0 Å². The molecule has 0 aromatic heterocycles. The third kappa shape index (κ3) is 7.46. The fourth-order valence-electron chi connectivity index (χ4n) is 3.23. The van der Waals surface area contributed by atoms with Gasteiger partial charge in [-0.1, -0.05) is 24.3 Å². The minimum Gasteiger partial charge on any atom is -0.457 e. The molecule has 7 nitrogen and oxygen atoms in total. The summed E-state index contributed by atoms with van der Waals surface area (Å²) in [6.45, 7) is 1.92. The van der Waals surface area contributed by atoms with Crippen LogP contribution in [0.1, 0.15) is 35.7 Å². The zero-order valence-corrected chi connectivity index (χ0v) is 20.3. The van der Waals surface area contributed by atoms with Gasteiger partial charge in [-0.2, -0.15) is 0 Å². The van der Waals surface area contributed by atoms with Gasteiger partial charge < -0.3 is 10.1 Å². The van der Waals surface area contributed by atoms with Gasteiger partial charge in [0.25, 0.3) is 0 Å². The lowest BCUT2D eigenvalue weighted by Gasteiger charge is -2.17. The van der Waals surface area contributed by atoms with Crippen LogP contribution in [0.5, 0.6) is 11.5 Å². The zero-order valence-electron chi connectivity index (χ0n) is 19.5. The summed E-state index contributed by atoms with van der Waals surface area (Å²) >= 11 is 0. The van der Waals surface area contributed by atoms with Gasteiger partial charge in [-0.25, -0.2) is 17.1 Å². The lowest BCUT2D eigenvalue weighted by atomic mass is 10.2. The van der Waals surface area contributed by atoms with Crippen LogP contribution in [0.3, 0.4) is 0 Å². The molecule has 1 amide bonds. The summed E-state index contributed by atoms with van der Waals surface area (Å²) < 4.78 is 45.2. The van der Waals surface area contributed by atoms with Crippen LogP contribution < -0.4 is 10.1 Å². The van der Waals surface area contributed by atoms with E-state index in [1.54, 1.807) is 12.1 Å². The van der Waals surface area contributed by atoms with E-state index < -0.39 is 10.0 Å². The number of nitrogens with one attached hydrogen (secondary N) is 1. The topological polar surface area (TPSA) is 92.8 Å². The molecule has 0 aliphatic carbocycles. The van der Waals surface area contributed by atoms with Gasteiger partial charge in [-0.05, 0) is 67.4 Å². The number of carbonyl (C=O) groups excluding carboxylic acids is 2. The van der Waals surface area contributed by atoms with E-state index in [9.17, 15) is 22.4 Å². The molecule has 35 heavy (non-hydrogen) atoms. The molecule has 0 saturated carbocycles. The van der Waals surface area contributed by atoms with Crippen LogP contribution in [0.15, 0.2) is 77.7 Å². The van der Waals surface area contributed by atoms with Crippen LogP contribution in [-0.2, 0) is 21.4 Å². The number of hydrogen-bond donors (Lipinski definition) is 1. The van der Waals surface area contributed by atoms with Crippen LogP contribution >= 0.6 is 0 Å². The first kappa shape index (κ1) is 26.1. The van der Waals surface area contributed by atoms with E-state index in [0.29, 0.717) is 30.0 Å². The molecule has 0 atom stereocenters. The van der Waals surface area contributed by atoms with Crippen molar-refractivity contribution in [3.05, 3.63) is 89.7 Å². The molecule has 3 aromatic carbocycles. The lowest BCUT2D eigenvalue weighted by molar-refractivity contribution is -0.121. The number of sulfonamides is 1. The van der Waals surface area contributed by atoms with Crippen LogP contribution in [0.2, 0.25) is 0 Å². The normalized spacial score (nSPS) is 11.3. The number of halogens is 1. The standard InChI is InChI=1S/C26H27FN2O5S/c1-19(30)21-7-15-25(16-8-21)35(32,33)29(2)17-3-4-26(31)28-18-20-5-11-23(12-6-20)34-24-13-9-22(27)10-14-24/h5-16H,3-4,17-18H2,1-2H3,(H,28,31). The minimum absolute atomic E-state index is 0.0984. The summed E-state index contributed by atoms with van der Waals surface area (Å²) in [6.07, 6.45) is 0.534. The Morgan fingerprint density at radius 3 is 2.06 bits per heavy atom. The van der Waals surface area contributed by atoms with E-state index in [-0.39, 0.29) is 35.4 Å². The Morgan fingerprint density at radius 1 is 0.914 bits per heavy atom. The van der Waals surface area contributed by atoms with E-state index in [4.69, 9.17) is 4.74 Å². The number of amides is 1. The quantitative estimate of drug-likeness (QED) is 0.392. The van der Waals surface area contributed by atoms with Crippen LogP contribution in [0.4, 0.5) is 4.39 Å². The minimum atomic E-state index is -3.70. The molecule has 0 spiro atoms. The van der Waals surface area contributed by atoms with E-state index in [1.165, 1.54) is 66.8 Å². The van der Waals surface area contributed by atoms with Crippen molar-refractivity contribution in [2.75, 3.05) is 13.6 Å². The lowest BCUT2D eigenvalue weighted by Crippen LogP contribution is -2.29. The van der Waals surface area contributed by atoms with Crippen molar-refractivity contribution in [1.29, 1.82) is 0 Å². The molecule has 0 heterocycles. The molecule has 0 bridgehead atoms. The molecule has 0 aliphatic heterocycles. The maximum atomic E-state index is 13.0. The Balaban J connectivity index is 1.42. The van der Waals surface area contributed by atoms with Crippen molar-refractivity contribution in [3.8, 4) is 11.5 Å². The summed E-state index contributed by atoms with van der Waals surface area (Å²) in [5.41, 5.74) is 1.32. The number of carbonyl (C=O) groups is 2. The number of ketones is 1. The smallest absolute Gasteiger partial charge is 0.242 e. The van der Waals surface area contributed by atoms with Crippen molar-refractivity contribution < 1.29 is 27.1 Å². The highest BCUT2D eigenvalue weighted by Crippen LogP contribution is 2.22. The zero-order chi connectivity index (χ0) is 25.4. The van der Waals surface area contributed by atoms with Gasteiger partial charge in [-0.15, -0.1) is 0 Å². The van der Waals surface area contributed by atoms with E-state index in [0.717, 1.165) is 5.56 Å². The molecule has 3 aromatic rings. The molecule has 0 fully saturated rings. The Labute approximate surface area is 204 Å². The van der Waals surface area contributed by atoms with Gasteiger partial charge in [0.2, 0.25) is 15.9 Å². The molecular weight excluding hydrogens is 471 g/mol. The Bertz CT molecular complexity index is 1260. The molecule has 184 valence electrons. The molecule has 0 radical (unpaired) electrons. The second-order valence-electron chi connectivity index (χ2n) is 7.99. The maximum Gasteiger partial charge on any atom is 0.242 e. The highest BCUT2D eigenvalue weighted by Gasteiger charge is 2.20. The molecule has 0 saturated heterocycles. The fourth-order valence-corrected chi connectivity index (χ4v) is 4.44. The van der Waals surface area contributed by atoms with E-state index in [2.05, 4.69) is 5.32 Å². The van der Waals surface area contributed by atoms with Crippen LogP contribution in [0.25, 0.3) is 0 Å². The maximum absolute atomic E-state index is 13.0. The number of nitrogens with zero attached hydrogens (tertiary/aromatic N) is 1. The first-order valence-electron chi connectivity index (χ1n) is 11.0. The van der Waals surface area contributed by atoms with Gasteiger partial charge in [0, 0.05) is 32.1 Å². The number of hydrogen-bond acceptors (Lipinski definition) is 5. The molecule has 3 rings (SSSR count). The predicted octanol–water partition coefficient (Wildman–Crippen LogP) is 4.54. The SMILES string of the molecule is CC(=O)c1ccc(S(=O)(=O)N(C)CCCC(=O)NCc2ccc(Oc3ccc(F)cc3)cc2)cc1. The summed E-state index contributed by atoms with van der Waals surface area (Å²) in [5.74, 6) is 0.451. The highest BCUT2D eigenvalue weighted by molar-refractivity contribution is 7.89. The third-order valence-electron chi connectivity index (χ3n) is 5.31. The second kappa shape index (κ2) is 11.7. The van der Waals surface area contributed by atoms with Gasteiger partial charge in [0.05, 0.1) is 4.90 Å². The third-order valence-corrected chi connectivity index (χ3v) is 7.18. The van der Waals surface area contributed by atoms with Crippen molar-refractivity contribution in [2.24, 2.45) is 0 Å². The average Bonchev–Trinajstić information content (AvgIpc) is 2.85. The van der Waals surface area contributed by atoms with Gasteiger partial charge >= 0.3 is 0 Å². The summed E-state index contributed by atoms with van der Waals surface area (Å²) in [6, 6.07) is 18.6. The van der Waals surface area contributed by atoms with E-state index in [1.807, 2.05) is 12.1 Å². The Kier molecular flexibility index (Phi) is 8.73. The first-order valence-corrected chi connectivity index (χ1v) is 12.5. The van der Waals surface area contributed by atoms with Crippen LogP contribution in [0, 0.1) is 5.82 Å². The largest absolute Gasteiger partial charge is 0.457 e. The molecule has 9 heteroatoms. The summed E-state index contributed by atoms with van der Waals surface area (Å²) in [4.78, 5) is 23.7. The number of ether oxygens (including phenoxy) is 1. The number of rotatable bonds is 11. The fraction of sp³-hybridized carbons (Fsp3) is 0.231. The Hall–Kier alpha value is -3.56. The van der Waals surface area contributed by atoms with Crippen molar-refractivity contribution in [3.63, 3.8) is 0 Å². The summed E-state index contributed by atoms with van der Waals surface area (Å²) in [7, 11) is -2.24. The van der Waals surface area contributed by atoms with Gasteiger partial charge in [0.15, 0.2) is 5.78 Å². The average molecular weight is 499 g/mol.